The highest BCUT2D eigenvalue weighted by Gasteiger charge is 2.39. The van der Waals surface area contributed by atoms with E-state index in [4.69, 9.17) is 5.73 Å². The van der Waals surface area contributed by atoms with Crippen LogP contribution in [0.15, 0.2) is 65.7 Å². The summed E-state index contributed by atoms with van der Waals surface area (Å²) in [6.07, 6.45) is 6.08. The Bertz CT molecular complexity index is 703. The van der Waals surface area contributed by atoms with Crippen molar-refractivity contribution in [3.63, 3.8) is 0 Å². The highest BCUT2D eigenvalue weighted by Crippen LogP contribution is 2.49. The molecule has 2 atom stereocenters. The number of para-hydroxylation sites is 1. The fraction of sp³-hybridized carbons (Fsp3) is 0.118. The van der Waals surface area contributed by atoms with E-state index in [9.17, 15) is 0 Å². The van der Waals surface area contributed by atoms with Crippen LogP contribution in [0.2, 0.25) is 0 Å². The van der Waals surface area contributed by atoms with E-state index in [-0.39, 0.29) is 12.1 Å². The average molecular weight is 261 g/mol. The smallest absolute Gasteiger partial charge is 0.103 e. The summed E-state index contributed by atoms with van der Waals surface area (Å²) in [5.74, 6) is 0. The molecule has 98 valence electrons. The molecule has 2 aromatic carbocycles. The van der Waals surface area contributed by atoms with Gasteiger partial charge in [-0.2, -0.15) is 0 Å². The third kappa shape index (κ3) is 1.50. The van der Waals surface area contributed by atoms with Crippen molar-refractivity contribution < 1.29 is 0 Å². The van der Waals surface area contributed by atoms with Crippen LogP contribution in [0.4, 0.5) is 17.1 Å². The number of nitrogen functional groups attached to an aromatic ring is 1. The molecule has 0 radical (unpaired) electrons. The predicted molar refractivity (Wildman–Crippen MR) is 83.6 cm³/mol. The maximum absolute atomic E-state index is 6.19. The number of anilines is 3. The van der Waals surface area contributed by atoms with Gasteiger partial charge in [0.25, 0.3) is 0 Å². The normalized spacial score (nSPS) is 22.7. The Morgan fingerprint density at radius 3 is 2.70 bits per heavy atom. The van der Waals surface area contributed by atoms with Crippen molar-refractivity contribution in [1.82, 2.24) is 0 Å². The molecule has 3 heteroatoms. The first-order valence-electron chi connectivity index (χ1n) is 6.79. The molecule has 0 saturated carbocycles. The molecule has 2 unspecified atom stereocenters. The van der Waals surface area contributed by atoms with Gasteiger partial charge < -0.3 is 10.6 Å². The summed E-state index contributed by atoms with van der Waals surface area (Å²) in [5, 5.41) is 0. The lowest BCUT2D eigenvalue weighted by Crippen LogP contribution is -2.28. The fourth-order valence-corrected chi connectivity index (χ4v) is 3.14. The van der Waals surface area contributed by atoms with Crippen molar-refractivity contribution in [3.05, 3.63) is 66.2 Å². The third-order valence-corrected chi connectivity index (χ3v) is 3.97. The van der Waals surface area contributed by atoms with Gasteiger partial charge >= 0.3 is 0 Å². The lowest BCUT2D eigenvalue weighted by molar-refractivity contribution is 0.668. The molecule has 2 aliphatic heterocycles. The van der Waals surface area contributed by atoms with Crippen molar-refractivity contribution in [3.8, 4) is 0 Å². The van der Waals surface area contributed by atoms with E-state index < -0.39 is 0 Å². The third-order valence-electron chi connectivity index (χ3n) is 3.97. The van der Waals surface area contributed by atoms with Crippen molar-refractivity contribution in [1.29, 1.82) is 0 Å². The summed E-state index contributed by atoms with van der Waals surface area (Å²) in [5.41, 5.74) is 10.5. The van der Waals surface area contributed by atoms with Gasteiger partial charge in [-0.05, 0) is 30.3 Å². The van der Waals surface area contributed by atoms with Crippen molar-refractivity contribution in [2.24, 2.45) is 4.99 Å². The van der Waals surface area contributed by atoms with E-state index in [1.165, 1.54) is 5.69 Å². The number of rotatable bonds is 1. The highest BCUT2D eigenvalue weighted by atomic mass is 15.2. The minimum Gasteiger partial charge on any atom is -0.398 e. The number of allylic oxidation sites excluding steroid dienone is 1. The van der Waals surface area contributed by atoms with Crippen LogP contribution in [0.5, 0.6) is 0 Å². The van der Waals surface area contributed by atoms with E-state index in [2.05, 4.69) is 46.3 Å². The molecule has 0 bridgehead atoms. The number of fused-ring (bicyclic) bond motifs is 3. The van der Waals surface area contributed by atoms with E-state index in [0.717, 1.165) is 16.9 Å². The highest BCUT2D eigenvalue weighted by molar-refractivity contribution is 5.82. The van der Waals surface area contributed by atoms with Gasteiger partial charge in [0.15, 0.2) is 0 Å². The van der Waals surface area contributed by atoms with Crippen LogP contribution in [-0.2, 0) is 0 Å². The summed E-state index contributed by atoms with van der Waals surface area (Å²) in [7, 11) is 0. The molecule has 2 aliphatic rings. The predicted octanol–water partition coefficient (Wildman–Crippen LogP) is 3.47. The minimum atomic E-state index is 0.0939. The van der Waals surface area contributed by atoms with E-state index in [1.807, 2.05) is 30.5 Å². The molecule has 3 nitrogen and oxygen atoms in total. The summed E-state index contributed by atoms with van der Waals surface area (Å²) >= 11 is 0. The average Bonchev–Trinajstić information content (AvgIpc) is 2.84. The molecule has 2 aromatic rings. The van der Waals surface area contributed by atoms with Crippen LogP contribution >= 0.6 is 0 Å². The Morgan fingerprint density at radius 1 is 1.00 bits per heavy atom. The molecular weight excluding hydrogens is 246 g/mol. The number of nitrogens with two attached hydrogens (primary N) is 1. The molecule has 0 aliphatic carbocycles. The van der Waals surface area contributed by atoms with Crippen LogP contribution in [-0.4, -0.2) is 12.3 Å². The van der Waals surface area contributed by atoms with Crippen LogP contribution in [0.3, 0.4) is 0 Å². The first kappa shape index (κ1) is 11.3. The van der Waals surface area contributed by atoms with Gasteiger partial charge in [0, 0.05) is 28.8 Å². The van der Waals surface area contributed by atoms with Crippen molar-refractivity contribution >= 4 is 23.3 Å². The molecule has 0 aromatic heterocycles. The molecule has 4 rings (SSSR count). The monoisotopic (exact) mass is 261 g/mol. The molecule has 0 saturated heterocycles. The first-order chi connectivity index (χ1) is 9.86. The van der Waals surface area contributed by atoms with Crippen LogP contribution in [0.1, 0.15) is 11.6 Å². The summed E-state index contributed by atoms with van der Waals surface area (Å²) in [6, 6.07) is 16.8. The number of benzene rings is 2. The largest absolute Gasteiger partial charge is 0.398 e. The molecule has 0 amide bonds. The Labute approximate surface area is 118 Å². The second kappa shape index (κ2) is 4.23. The number of dihydropyridines is 1. The Hall–Kier alpha value is -2.55. The SMILES string of the molecule is Nc1cccc2c1C1N=CC=CC1N2c1ccccc1. The summed E-state index contributed by atoms with van der Waals surface area (Å²) in [4.78, 5) is 6.96. The van der Waals surface area contributed by atoms with E-state index in [1.54, 1.807) is 0 Å². The Kier molecular flexibility index (Phi) is 2.39. The van der Waals surface area contributed by atoms with Crippen LogP contribution in [0.25, 0.3) is 0 Å². The number of aliphatic imine (C=N–C) groups is 1. The Balaban J connectivity index is 1.94. The van der Waals surface area contributed by atoms with E-state index in [0.29, 0.717) is 0 Å². The van der Waals surface area contributed by atoms with Gasteiger partial charge in [-0.1, -0.05) is 30.3 Å². The first-order valence-corrected chi connectivity index (χ1v) is 6.79. The van der Waals surface area contributed by atoms with Crippen molar-refractivity contribution in [2.75, 3.05) is 10.6 Å². The van der Waals surface area contributed by atoms with Gasteiger partial charge in [0.2, 0.25) is 0 Å². The molecule has 0 fully saturated rings. The Morgan fingerprint density at radius 2 is 1.85 bits per heavy atom. The van der Waals surface area contributed by atoms with Crippen molar-refractivity contribution in [2.45, 2.75) is 12.1 Å². The molecule has 2 N–H and O–H groups in total. The lowest BCUT2D eigenvalue weighted by Gasteiger charge is -2.28. The van der Waals surface area contributed by atoms with Crippen LogP contribution in [0, 0.1) is 0 Å². The molecule has 20 heavy (non-hydrogen) atoms. The molecular formula is C17H15N3. The van der Waals surface area contributed by atoms with Gasteiger partial charge in [0.05, 0.1) is 6.04 Å². The fourth-order valence-electron chi connectivity index (χ4n) is 3.14. The minimum absolute atomic E-state index is 0.0939. The zero-order valence-electron chi connectivity index (χ0n) is 11.0. The lowest BCUT2D eigenvalue weighted by atomic mass is 10.0. The second-order valence-corrected chi connectivity index (χ2v) is 5.10. The maximum Gasteiger partial charge on any atom is 0.103 e. The summed E-state index contributed by atoms with van der Waals surface area (Å²) < 4.78 is 0. The zero-order chi connectivity index (χ0) is 13.5. The number of hydrogen-bond acceptors (Lipinski definition) is 3. The standard InChI is InChI=1S/C17H15N3/c18-13-8-4-9-14-16(13)17-15(10-5-11-19-17)20(14)12-6-2-1-3-7-12/h1-11,15,17H,18H2. The maximum atomic E-state index is 6.19. The van der Waals surface area contributed by atoms with Crippen LogP contribution < -0.4 is 10.6 Å². The zero-order valence-corrected chi connectivity index (χ0v) is 11.0. The molecule has 2 heterocycles. The summed E-state index contributed by atoms with van der Waals surface area (Å²) in [6.45, 7) is 0. The van der Waals surface area contributed by atoms with E-state index >= 15 is 0 Å². The second-order valence-electron chi connectivity index (χ2n) is 5.10. The quantitative estimate of drug-likeness (QED) is 0.799. The van der Waals surface area contributed by atoms with Gasteiger partial charge in [-0.3, -0.25) is 4.99 Å². The van der Waals surface area contributed by atoms with Gasteiger partial charge in [-0.15, -0.1) is 0 Å². The number of hydrogen-bond donors (Lipinski definition) is 1. The number of nitrogens with zero attached hydrogens (tertiary/aromatic N) is 2. The molecule has 0 spiro atoms. The topological polar surface area (TPSA) is 41.6 Å². The van der Waals surface area contributed by atoms with Gasteiger partial charge in [0.1, 0.15) is 6.04 Å². The van der Waals surface area contributed by atoms with Gasteiger partial charge in [-0.25, -0.2) is 0 Å².